The molecule has 0 saturated heterocycles. The molecule has 37 heavy (non-hydrogen) atoms. The van der Waals surface area contributed by atoms with E-state index < -0.39 is 5.41 Å². The van der Waals surface area contributed by atoms with Crippen molar-refractivity contribution in [3.8, 4) is 0 Å². The topological polar surface area (TPSA) is 13.0 Å². The summed E-state index contributed by atoms with van der Waals surface area (Å²) in [5, 5.41) is 0. The highest BCUT2D eigenvalue weighted by molar-refractivity contribution is 5.65. The highest BCUT2D eigenvalue weighted by Crippen LogP contribution is 2.46. The average Bonchev–Trinajstić information content (AvgIpc) is 2.90. The summed E-state index contributed by atoms with van der Waals surface area (Å²) >= 11 is 0. The predicted octanol–water partition coefficient (Wildman–Crippen LogP) is 6.33. The van der Waals surface area contributed by atoms with Gasteiger partial charge >= 0.3 is 0 Å². The first-order valence-electron chi connectivity index (χ1n) is 12.8. The second kappa shape index (κ2) is 10.6. The fraction of sp³-hybridized carbons (Fsp3) is 0.273. The van der Waals surface area contributed by atoms with E-state index in [-0.39, 0.29) is 0 Å². The van der Waals surface area contributed by atoms with Crippen LogP contribution in [-0.2, 0) is 5.41 Å². The van der Waals surface area contributed by atoms with E-state index in [0.29, 0.717) is 0 Å². The van der Waals surface area contributed by atoms with Crippen molar-refractivity contribution < 1.29 is 0 Å². The number of rotatable bonds is 8. The van der Waals surface area contributed by atoms with E-state index in [0.717, 1.165) is 0 Å². The van der Waals surface area contributed by atoms with Gasteiger partial charge < -0.3 is 19.6 Å². The zero-order valence-electron chi connectivity index (χ0n) is 23.5. The maximum absolute atomic E-state index is 2.29. The van der Waals surface area contributed by atoms with Crippen LogP contribution in [0.5, 0.6) is 0 Å². The number of nitrogens with zero attached hydrogens (tertiary/aromatic N) is 4. The van der Waals surface area contributed by atoms with Gasteiger partial charge in [-0.3, -0.25) is 0 Å². The smallest absolute Gasteiger partial charge is 0.0701 e. The maximum atomic E-state index is 2.29. The summed E-state index contributed by atoms with van der Waals surface area (Å²) in [4.78, 5) is 8.59. The molecule has 0 N–H and O–H groups in total. The summed E-state index contributed by atoms with van der Waals surface area (Å²) in [5.74, 6) is 0. The molecule has 0 bridgehead atoms. The van der Waals surface area contributed by atoms with Crippen LogP contribution in [0.4, 0.5) is 22.7 Å². The van der Waals surface area contributed by atoms with Crippen LogP contribution in [0.3, 0.4) is 0 Å². The number of anilines is 4. The van der Waals surface area contributed by atoms with Crippen LogP contribution >= 0.6 is 0 Å². The Balaban J connectivity index is 2.05. The van der Waals surface area contributed by atoms with Crippen molar-refractivity contribution in [3.63, 3.8) is 0 Å². The molecule has 4 rings (SSSR count). The molecule has 0 spiro atoms. The van der Waals surface area contributed by atoms with Crippen molar-refractivity contribution in [2.24, 2.45) is 0 Å². The molecule has 192 valence electrons. The lowest BCUT2D eigenvalue weighted by Crippen LogP contribution is -2.31. The average molecular weight is 493 g/mol. The number of hydrogen-bond donors (Lipinski definition) is 0. The van der Waals surface area contributed by atoms with Gasteiger partial charge in [-0.05, 0) is 70.8 Å². The molecular formula is C33H40N4. The van der Waals surface area contributed by atoms with E-state index in [1.165, 1.54) is 45.0 Å². The zero-order chi connectivity index (χ0) is 26.7. The Bertz CT molecular complexity index is 1070. The first-order valence-corrected chi connectivity index (χ1v) is 12.8. The predicted molar refractivity (Wildman–Crippen MR) is 162 cm³/mol. The molecule has 4 nitrogen and oxygen atoms in total. The van der Waals surface area contributed by atoms with Crippen LogP contribution in [0.1, 0.15) is 22.3 Å². The van der Waals surface area contributed by atoms with Crippen molar-refractivity contribution in [2.45, 2.75) is 5.41 Å². The van der Waals surface area contributed by atoms with Gasteiger partial charge in [-0.15, -0.1) is 0 Å². The molecule has 4 aromatic rings. The molecule has 0 aromatic heterocycles. The van der Waals surface area contributed by atoms with E-state index in [9.17, 15) is 0 Å². The Morgan fingerprint density at radius 2 is 0.459 bits per heavy atom. The monoisotopic (exact) mass is 492 g/mol. The second-order valence-electron chi connectivity index (χ2n) is 10.5. The Kier molecular flexibility index (Phi) is 7.49. The van der Waals surface area contributed by atoms with Crippen LogP contribution in [0.25, 0.3) is 0 Å². The molecule has 0 atom stereocenters. The van der Waals surface area contributed by atoms with Crippen molar-refractivity contribution in [1.29, 1.82) is 0 Å². The van der Waals surface area contributed by atoms with Crippen molar-refractivity contribution in [3.05, 3.63) is 119 Å². The third-order valence-corrected chi connectivity index (χ3v) is 7.27. The molecule has 4 aromatic carbocycles. The van der Waals surface area contributed by atoms with Gasteiger partial charge in [0.05, 0.1) is 5.41 Å². The molecule has 0 aliphatic carbocycles. The molecular weight excluding hydrogens is 452 g/mol. The SMILES string of the molecule is CN(C)c1ccc(C(c2ccc(N(C)C)cc2)(c2ccc(N(C)C)cc2)c2ccc(N(C)C)cc2)cc1. The van der Waals surface area contributed by atoms with Crippen molar-refractivity contribution in [2.75, 3.05) is 76.0 Å². The summed E-state index contributed by atoms with van der Waals surface area (Å²) in [6.07, 6.45) is 0. The molecule has 0 aliphatic rings. The van der Waals surface area contributed by atoms with Gasteiger partial charge in [-0.2, -0.15) is 0 Å². The van der Waals surface area contributed by atoms with Gasteiger partial charge in [-0.25, -0.2) is 0 Å². The Hall–Kier alpha value is -3.92. The van der Waals surface area contributed by atoms with Gasteiger partial charge in [0, 0.05) is 79.1 Å². The van der Waals surface area contributed by atoms with Crippen LogP contribution in [0.2, 0.25) is 0 Å². The zero-order valence-corrected chi connectivity index (χ0v) is 23.5. The maximum Gasteiger partial charge on any atom is 0.0701 e. The van der Waals surface area contributed by atoms with Gasteiger partial charge in [0.25, 0.3) is 0 Å². The van der Waals surface area contributed by atoms with E-state index in [2.05, 4.69) is 173 Å². The number of benzene rings is 4. The van der Waals surface area contributed by atoms with Crippen LogP contribution in [0, 0.1) is 0 Å². The molecule has 0 saturated carbocycles. The van der Waals surface area contributed by atoms with E-state index in [1.54, 1.807) is 0 Å². The quantitative estimate of drug-likeness (QED) is 0.266. The minimum atomic E-state index is -0.481. The van der Waals surface area contributed by atoms with Crippen LogP contribution < -0.4 is 19.6 Å². The fourth-order valence-electron chi connectivity index (χ4n) is 5.04. The van der Waals surface area contributed by atoms with Gasteiger partial charge in [0.1, 0.15) is 0 Å². The Labute approximate surface area is 223 Å². The number of hydrogen-bond acceptors (Lipinski definition) is 4. The fourth-order valence-corrected chi connectivity index (χ4v) is 5.04. The van der Waals surface area contributed by atoms with Crippen molar-refractivity contribution >= 4 is 22.7 Å². The lowest BCUT2D eigenvalue weighted by molar-refractivity contribution is 0.744. The summed E-state index contributed by atoms with van der Waals surface area (Å²) in [7, 11) is 16.7. The summed E-state index contributed by atoms with van der Waals surface area (Å²) in [6.45, 7) is 0. The summed E-state index contributed by atoms with van der Waals surface area (Å²) in [6, 6.07) is 36.1. The third kappa shape index (κ3) is 5.01. The van der Waals surface area contributed by atoms with E-state index >= 15 is 0 Å². The molecule has 0 fully saturated rings. The highest BCUT2D eigenvalue weighted by Gasteiger charge is 2.38. The van der Waals surface area contributed by atoms with E-state index in [4.69, 9.17) is 0 Å². The minimum absolute atomic E-state index is 0.481. The lowest BCUT2D eigenvalue weighted by atomic mass is 9.65. The third-order valence-electron chi connectivity index (χ3n) is 7.27. The molecule has 0 amide bonds. The molecule has 0 radical (unpaired) electrons. The van der Waals surface area contributed by atoms with E-state index in [1.807, 2.05) is 0 Å². The normalized spacial score (nSPS) is 11.2. The lowest BCUT2D eigenvalue weighted by Gasteiger charge is -2.37. The first-order chi connectivity index (χ1) is 17.6. The molecule has 0 aliphatic heterocycles. The Morgan fingerprint density at radius 3 is 0.595 bits per heavy atom. The highest BCUT2D eigenvalue weighted by atomic mass is 15.1. The largest absolute Gasteiger partial charge is 0.378 e. The van der Waals surface area contributed by atoms with Crippen LogP contribution in [-0.4, -0.2) is 56.4 Å². The first kappa shape index (κ1) is 26.2. The summed E-state index contributed by atoms with van der Waals surface area (Å²) < 4.78 is 0. The molecule has 0 unspecified atom stereocenters. The van der Waals surface area contributed by atoms with Gasteiger partial charge in [-0.1, -0.05) is 48.5 Å². The standard InChI is InChI=1S/C33H40N4/c1-34(2)29-17-9-25(10-18-29)33(26-11-19-30(20-12-26)35(3)4,27-13-21-31(22-14-27)36(5)6)28-15-23-32(24-16-28)37(7)8/h9-24H,1-8H3. The molecule has 0 heterocycles. The van der Waals surface area contributed by atoms with Gasteiger partial charge in [0.15, 0.2) is 0 Å². The van der Waals surface area contributed by atoms with Crippen LogP contribution in [0.15, 0.2) is 97.1 Å². The Morgan fingerprint density at radius 1 is 0.297 bits per heavy atom. The second-order valence-corrected chi connectivity index (χ2v) is 10.5. The van der Waals surface area contributed by atoms with Crippen molar-refractivity contribution in [1.82, 2.24) is 0 Å². The van der Waals surface area contributed by atoms with Gasteiger partial charge in [0.2, 0.25) is 0 Å². The summed E-state index contributed by atoms with van der Waals surface area (Å²) in [5.41, 5.74) is 9.23. The molecule has 4 heteroatoms. The minimum Gasteiger partial charge on any atom is -0.378 e.